The van der Waals surface area contributed by atoms with Crippen LogP contribution in [0.25, 0.3) is 0 Å². The number of nitrogens with zero attached hydrogens (tertiary/aromatic N) is 1. The van der Waals surface area contributed by atoms with E-state index in [0.29, 0.717) is 10.7 Å². The van der Waals surface area contributed by atoms with Crippen LogP contribution >= 0.6 is 11.6 Å². The summed E-state index contributed by atoms with van der Waals surface area (Å²) in [6.07, 6.45) is 0. The van der Waals surface area contributed by atoms with E-state index < -0.39 is 15.9 Å². The van der Waals surface area contributed by atoms with Crippen LogP contribution in [0.1, 0.15) is 11.1 Å². The van der Waals surface area contributed by atoms with Crippen molar-refractivity contribution in [2.75, 3.05) is 24.0 Å². The Kier molecular flexibility index (Phi) is 7.77. The van der Waals surface area contributed by atoms with E-state index in [1.165, 1.54) is 29.8 Å². The molecule has 8 heteroatoms. The first-order valence-corrected chi connectivity index (χ1v) is 11.9. The molecule has 0 aliphatic carbocycles. The molecule has 3 rings (SSSR count). The maximum absolute atomic E-state index is 13.2. The van der Waals surface area contributed by atoms with Crippen molar-refractivity contribution in [2.24, 2.45) is 0 Å². The highest BCUT2D eigenvalue weighted by molar-refractivity contribution is 7.92. The summed E-state index contributed by atoms with van der Waals surface area (Å²) in [5.41, 5.74) is 2.69. The van der Waals surface area contributed by atoms with Gasteiger partial charge in [-0.3, -0.25) is 9.10 Å². The van der Waals surface area contributed by atoms with Gasteiger partial charge < -0.3 is 10.1 Å². The van der Waals surface area contributed by atoms with Crippen LogP contribution in [0, 0.1) is 13.8 Å². The normalized spacial score (nSPS) is 11.1. The third kappa shape index (κ3) is 6.02. The number of sulfonamides is 1. The standard InChI is InChI=1S/C24H25ClN2O4S/c1-18-8-11-22(16-19(18)2)31-15-14-26-24(28)17-27(21-6-4-3-5-7-21)32(29,30)23-12-9-20(25)10-13-23/h3-13,16H,14-15,17H2,1-2H3,(H,26,28). The molecule has 0 fully saturated rings. The number of ether oxygens (including phenoxy) is 1. The summed E-state index contributed by atoms with van der Waals surface area (Å²) in [6, 6.07) is 20.1. The second-order valence-electron chi connectivity index (χ2n) is 7.25. The lowest BCUT2D eigenvalue weighted by Gasteiger charge is -2.24. The highest BCUT2D eigenvalue weighted by Gasteiger charge is 2.27. The van der Waals surface area contributed by atoms with Crippen LogP contribution in [0.4, 0.5) is 5.69 Å². The van der Waals surface area contributed by atoms with Gasteiger partial charge in [0.15, 0.2) is 0 Å². The van der Waals surface area contributed by atoms with Crippen molar-refractivity contribution in [3.05, 3.63) is 88.9 Å². The number of anilines is 1. The molecule has 0 bridgehead atoms. The summed E-state index contributed by atoms with van der Waals surface area (Å²) in [5, 5.41) is 3.15. The molecular weight excluding hydrogens is 448 g/mol. The Morgan fingerprint density at radius 2 is 1.66 bits per heavy atom. The summed E-state index contributed by atoms with van der Waals surface area (Å²) >= 11 is 5.89. The van der Waals surface area contributed by atoms with Gasteiger partial charge in [0.1, 0.15) is 18.9 Å². The molecule has 0 saturated carbocycles. The van der Waals surface area contributed by atoms with Crippen LogP contribution in [-0.2, 0) is 14.8 Å². The number of para-hydroxylation sites is 1. The van der Waals surface area contributed by atoms with Gasteiger partial charge in [0.05, 0.1) is 17.1 Å². The lowest BCUT2D eigenvalue weighted by molar-refractivity contribution is -0.119. The molecule has 0 radical (unpaired) electrons. The SMILES string of the molecule is Cc1ccc(OCCNC(=O)CN(c2ccccc2)S(=O)(=O)c2ccc(Cl)cc2)cc1C. The van der Waals surface area contributed by atoms with Crippen molar-refractivity contribution in [1.82, 2.24) is 5.32 Å². The molecule has 1 amide bonds. The van der Waals surface area contributed by atoms with Crippen LogP contribution < -0.4 is 14.4 Å². The first-order chi connectivity index (χ1) is 15.3. The molecular formula is C24H25ClN2O4S. The second kappa shape index (κ2) is 10.5. The fraction of sp³-hybridized carbons (Fsp3) is 0.208. The predicted octanol–water partition coefficient (Wildman–Crippen LogP) is 4.35. The van der Waals surface area contributed by atoms with Gasteiger partial charge in [0.25, 0.3) is 10.0 Å². The van der Waals surface area contributed by atoms with Gasteiger partial charge in [-0.15, -0.1) is 0 Å². The fourth-order valence-electron chi connectivity index (χ4n) is 2.99. The number of carbonyl (C=O) groups excluding carboxylic acids is 1. The van der Waals surface area contributed by atoms with Crippen LogP contribution in [0.15, 0.2) is 77.7 Å². The monoisotopic (exact) mass is 472 g/mol. The molecule has 3 aromatic carbocycles. The third-order valence-electron chi connectivity index (χ3n) is 4.90. The zero-order valence-electron chi connectivity index (χ0n) is 17.9. The number of rotatable bonds is 9. The number of halogens is 1. The summed E-state index contributed by atoms with van der Waals surface area (Å²) in [4.78, 5) is 12.6. The van der Waals surface area contributed by atoms with Crippen LogP contribution in [-0.4, -0.2) is 34.0 Å². The van der Waals surface area contributed by atoms with Gasteiger partial charge in [-0.2, -0.15) is 0 Å². The van der Waals surface area contributed by atoms with Gasteiger partial charge in [-0.1, -0.05) is 35.9 Å². The van der Waals surface area contributed by atoms with Gasteiger partial charge in [0, 0.05) is 5.02 Å². The molecule has 1 N–H and O–H groups in total. The third-order valence-corrected chi connectivity index (χ3v) is 6.94. The Morgan fingerprint density at radius 1 is 0.969 bits per heavy atom. The molecule has 6 nitrogen and oxygen atoms in total. The summed E-state index contributed by atoms with van der Waals surface area (Å²) < 4.78 is 33.2. The number of benzene rings is 3. The molecule has 168 valence electrons. The summed E-state index contributed by atoms with van der Waals surface area (Å²) in [6.45, 7) is 4.18. The Balaban J connectivity index is 1.66. The Morgan fingerprint density at radius 3 is 2.31 bits per heavy atom. The number of hydrogen-bond donors (Lipinski definition) is 1. The fourth-order valence-corrected chi connectivity index (χ4v) is 4.54. The summed E-state index contributed by atoms with van der Waals surface area (Å²) in [5.74, 6) is 0.286. The van der Waals surface area contributed by atoms with E-state index in [9.17, 15) is 13.2 Å². The lowest BCUT2D eigenvalue weighted by atomic mass is 10.1. The molecule has 32 heavy (non-hydrogen) atoms. The van der Waals surface area contributed by atoms with Gasteiger partial charge in [0.2, 0.25) is 5.91 Å². The molecule has 0 aliphatic heterocycles. The van der Waals surface area contributed by atoms with Crippen LogP contribution in [0.3, 0.4) is 0 Å². The number of aryl methyl sites for hydroxylation is 2. The highest BCUT2D eigenvalue weighted by atomic mass is 35.5. The number of nitrogens with one attached hydrogen (secondary N) is 1. The summed E-state index contributed by atoms with van der Waals surface area (Å²) in [7, 11) is -3.97. The maximum atomic E-state index is 13.2. The molecule has 0 unspecified atom stereocenters. The topological polar surface area (TPSA) is 75.7 Å². The Hall–Kier alpha value is -3.03. The maximum Gasteiger partial charge on any atom is 0.264 e. The van der Waals surface area contributed by atoms with Gasteiger partial charge >= 0.3 is 0 Å². The molecule has 0 aromatic heterocycles. The highest BCUT2D eigenvalue weighted by Crippen LogP contribution is 2.24. The average molecular weight is 473 g/mol. The number of carbonyl (C=O) groups is 1. The first kappa shape index (κ1) is 23.6. The van der Waals surface area contributed by atoms with E-state index in [1.807, 2.05) is 32.0 Å². The van der Waals surface area contributed by atoms with Crippen LogP contribution in [0.2, 0.25) is 5.02 Å². The zero-order valence-corrected chi connectivity index (χ0v) is 19.5. The van der Waals surface area contributed by atoms with E-state index in [4.69, 9.17) is 16.3 Å². The van der Waals surface area contributed by atoms with Crippen molar-refractivity contribution in [2.45, 2.75) is 18.7 Å². The second-order valence-corrected chi connectivity index (χ2v) is 9.54. The van der Waals surface area contributed by atoms with Crippen molar-refractivity contribution in [1.29, 1.82) is 0 Å². The minimum atomic E-state index is -3.97. The van der Waals surface area contributed by atoms with Crippen molar-refractivity contribution < 1.29 is 17.9 Å². The average Bonchev–Trinajstić information content (AvgIpc) is 2.78. The first-order valence-electron chi connectivity index (χ1n) is 10.1. The molecule has 0 spiro atoms. The zero-order chi connectivity index (χ0) is 23.1. The molecule has 0 heterocycles. The molecule has 3 aromatic rings. The molecule has 0 aliphatic rings. The van der Waals surface area contributed by atoms with Gasteiger partial charge in [-0.25, -0.2) is 8.42 Å². The molecule has 0 atom stereocenters. The largest absolute Gasteiger partial charge is 0.492 e. The van der Waals surface area contributed by atoms with E-state index in [0.717, 1.165) is 15.6 Å². The van der Waals surface area contributed by atoms with Crippen molar-refractivity contribution in [3.8, 4) is 5.75 Å². The van der Waals surface area contributed by atoms with Gasteiger partial charge in [-0.05, 0) is 73.5 Å². The Labute approximate surface area is 193 Å². The van der Waals surface area contributed by atoms with Crippen molar-refractivity contribution in [3.63, 3.8) is 0 Å². The van der Waals surface area contributed by atoms with E-state index >= 15 is 0 Å². The number of amides is 1. The van der Waals surface area contributed by atoms with Crippen molar-refractivity contribution >= 4 is 33.2 Å². The Bertz CT molecular complexity index is 1170. The van der Waals surface area contributed by atoms with Crippen LogP contribution in [0.5, 0.6) is 5.75 Å². The quantitative estimate of drug-likeness (QED) is 0.470. The molecule has 0 saturated heterocycles. The minimum absolute atomic E-state index is 0.0524. The van der Waals surface area contributed by atoms with E-state index in [2.05, 4.69) is 5.32 Å². The smallest absolute Gasteiger partial charge is 0.264 e. The predicted molar refractivity (Wildman–Crippen MR) is 127 cm³/mol. The number of hydrogen-bond acceptors (Lipinski definition) is 4. The lowest BCUT2D eigenvalue weighted by Crippen LogP contribution is -2.41. The van der Waals surface area contributed by atoms with E-state index in [1.54, 1.807) is 30.3 Å². The minimum Gasteiger partial charge on any atom is -0.492 e. The van der Waals surface area contributed by atoms with E-state index in [-0.39, 0.29) is 24.6 Å².